The van der Waals surface area contributed by atoms with Gasteiger partial charge in [-0.15, -0.1) is 0 Å². The number of halogens is 4. The number of thiocarbonyl (C=S) groups is 1. The number of carbonyl (C=O) groups excluding carboxylic acids is 1. The van der Waals surface area contributed by atoms with E-state index in [1.54, 1.807) is 6.07 Å². The second-order valence-electron chi connectivity index (χ2n) is 9.76. The molecule has 2 fully saturated rings. The fourth-order valence-corrected chi connectivity index (χ4v) is 5.20. The highest BCUT2D eigenvalue weighted by Gasteiger charge is 2.46. The predicted molar refractivity (Wildman–Crippen MR) is 140 cm³/mol. The number of rotatable bonds is 8. The number of aromatic nitrogens is 1. The maximum Gasteiger partial charge on any atom is 0.419 e. The van der Waals surface area contributed by atoms with Crippen LogP contribution in [0.4, 0.5) is 28.9 Å². The molecule has 0 radical (unpaired) electrons. The van der Waals surface area contributed by atoms with Crippen LogP contribution in [0.1, 0.15) is 49.8 Å². The highest BCUT2D eigenvalue weighted by atomic mass is 32.1. The van der Waals surface area contributed by atoms with Crippen molar-refractivity contribution in [3.8, 4) is 11.8 Å². The van der Waals surface area contributed by atoms with Gasteiger partial charge < -0.3 is 24.1 Å². The molecule has 1 saturated heterocycles. The van der Waals surface area contributed by atoms with Crippen molar-refractivity contribution in [1.29, 1.82) is 5.26 Å². The number of ether oxygens (including phenoxy) is 2. The van der Waals surface area contributed by atoms with E-state index < -0.39 is 28.8 Å². The monoisotopic (exact) mass is 564 g/mol. The van der Waals surface area contributed by atoms with Gasteiger partial charge in [-0.25, -0.2) is 9.37 Å². The first-order valence-electron chi connectivity index (χ1n) is 12.6. The minimum atomic E-state index is -4.81. The second kappa shape index (κ2) is 11.8. The van der Waals surface area contributed by atoms with Crippen LogP contribution in [-0.2, 0) is 15.7 Å². The number of hydrogen-bond acceptors (Lipinski definition) is 6. The molecule has 0 amide bonds. The van der Waals surface area contributed by atoms with Crippen LogP contribution >= 0.6 is 12.2 Å². The number of pyridine rings is 1. The summed E-state index contributed by atoms with van der Waals surface area (Å²) >= 11 is 5.65. The molecule has 7 nitrogen and oxygen atoms in total. The number of aldehydes is 1. The molecule has 1 aliphatic carbocycles. The van der Waals surface area contributed by atoms with Crippen molar-refractivity contribution in [2.45, 2.75) is 50.2 Å². The second-order valence-corrected chi connectivity index (χ2v) is 10.1. The largest absolute Gasteiger partial charge is 0.491 e. The number of nitriles is 1. The maximum absolute atomic E-state index is 15.2. The van der Waals surface area contributed by atoms with E-state index >= 15 is 4.39 Å². The summed E-state index contributed by atoms with van der Waals surface area (Å²) in [5.74, 6) is -0.121. The summed E-state index contributed by atoms with van der Waals surface area (Å²) in [5, 5.41) is 9.03. The summed E-state index contributed by atoms with van der Waals surface area (Å²) in [6.07, 6.45) is 1.30. The van der Waals surface area contributed by atoms with Crippen molar-refractivity contribution >= 4 is 35.0 Å². The van der Waals surface area contributed by atoms with Crippen molar-refractivity contribution in [1.82, 2.24) is 4.98 Å². The molecule has 1 aromatic heterocycles. The van der Waals surface area contributed by atoms with Gasteiger partial charge in [-0.2, -0.15) is 18.4 Å². The Hall–Kier alpha value is -3.30. The van der Waals surface area contributed by atoms with E-state index in [0.717, 1.165) is 44.2 Å². The van der Waals surface area contributed by atoms with Crippen LogP contribution in [0.3, 0.4) is 0 Å². The van der Waals surface area contributed by atoms with Gasteiger partial charge in [-0.1, -0.05) is 0 Å². The predicted octanol–water partition coefficient (Wildman–Crippen LogP) is 5.66. The maximum atomic E-state index is 15.2. The van der Waals surface area contributed by atoms with Crippen molar-refractivity contribution in [3.63, 3.8) is 0 Å². The van der Waals surface area contributed by atoms with Gasteiger partial charge in [0.05, 0.1) is 24.1 Å². The zero-order valence-corrected chi connectivity index (χ0v) is 22.2. The number of alkyl halides is 3. The third-order valence-corrected chi connectivity index (χ3v) is 7.79. The number of hydrogen-bond donors (Lipinski definition) is 0. The summed E-state index contributed by atoms with van der Waals surface area (Å²) in [6.45, 7) is 1.77. The molecule has 0 spiro atoms. The molecule has 2 heterocycles. The molecule has 1 aromatic carbocycles. The number of benzene rings is 1. The van der Waals surface area contributed by atoms with Gasteiger partial charge in [-0.3, -0.25) is 0 Å². The summed E-state index contributed by atoms with van der Waals surface area (Å²) in [5.41, 5.74) is -2.81. The third-order valence-electron chi connectivity index (χ3n) is 7.33. The lowest BCUT2D eigenvalue weighted by Crippen LogP contribution is -2.60. The molecular formula is C27H28F4N4O3S. The summed E-state index contributed by atoms with van der Waals surface area (Å²) in [4.78, 5) is 18.6. The van der Waals surface area contributed by atoms with Gasteiger partial charge in [-0.05, 0) is 74.9 Å². The zero-order chi connectivity index (χ0) is 28.2. The van der Waals surface area contributed by atoms with Gasteiger partial charge >= 0.3 is 6.18 Å². The van der Waals surface area contributed by atoms with E-state index in [-0.39, 0.29) is 22.2 Å². The van der Waals surface area contributed by atoms with E-state index in [1.807, 2.05) is 0 Å². The number of anilines is 2. The Kier molecular flexibility index (Phi) is 8.71. The Bertz CT molecular complexity index is 1260. The molecular weight excluding hydrogens is 536 g/mol. The van der Waals surface area contributed by atoms with E-state index in [4.69, 9.17) is 27.0 Å². The Morgan fingerprint density at radius 2 is 2.00 bits per heavy atom. The first kappa shape index (κ1) is 28.7. The fraction of sp³-hybridized carbons (Fsp3) is 0.481. The molecule has 208 valence electrons. The quantitative estimate of drug-likeness (QED) is 0.231. The van der Waals surface area contributed by atoms with Crippen LogP contribution in [0.15, 0.2) is 30.5 Å². The van der Waals surface area contributed by atoms with Crippen LogP contribution in [-0.4, -0.2) is 48.8 Å². The normalized spacial score (nSPS) is 17.0. The summed E-state index contributed by atoms with van der Waals surface area (Å²) in [7, 11) is 1.43. The average Bonchev–Trinajstić information content (AvgIpc) is 2.90. The van der Waals surface area contributed by atoms with E-state index in [0.29, 0.717) is 38.6 Å². The molecule has 12 heteroatoms. The zero-order valence-electron chi connectivity index (χ0n) is 21.3. The van der Waals surface area contributed by atoms with Gasteiger partial charge in [0.2, 0.25) is 0 Å². The average molecular weight is 565 g/mol. The Morgan fingerprint density at radius 3 is 2.56 bits per heavy atom. The van der Waals surface area contributed by atoms with Gasteiger partial charge in [0, 0.05) is 32.0 Å². The van der Waals surface area contributed by atoms with Gasteiger partial charge in [0.15, 0.2) is 22.4 Å². The highest BCUT2D eigenvalue weighted by Crippen LogP contribution is 2.41. The summed E-state index contributed by atoms with van der Waals surface area (Å²) in [6, 6.07) is 6.48. The third kappa shape index (κ3) is 6.15. The molecule has 0 N–H and O–H groups in total. The van der Waals surface area contributed by atoms with E-state index in [9.17, 15) is 18.0 Å². The molecule has 2 aromatic rings. The first-order chi connectivity index (χ1) is 18.6. The van der Waals surface area contributed by atoms with Crippen LogP contribution in [0, 0.1) is 23.1 Å². The van der Waals surface area contributed by atoms with Crippen LogP contribution in [0.25, 0.3) is 0 Å². The lowest BCUT2D eigenvalue weighted by Gasteiger charge is -2.48. The summed E-state index contributed by atoms with van der Waals surface area (Å²) < 4.78 is 66.8. The Balaban J connectivity index is 1.59. The van der Waals surface area contributed by atoms with Gasteiger partial charge in [0.25, 0.3) is 0 Å². The lowest BCUT2D eigenvalue weighted by molar-refractivity contribution is -0.138. The molecule has 4 rings (SSSR count). The van der Waals surface area contributed by atoms with Crippen molar-refractivity contribution < 1.29 is 31.8 Å². The van der Waals surface area contributed by atoms with Crippen LogP contribution in [0.5, 0.6) is 5.75 Å². The minimum Gasteiger partial charge on any atom is -0.491 e. The standard InChI is InChI=1S/C27H28F4N4O3S/c1-34(20-13-21(27(29,30)31)23(15-32)33-16-20)25(39)35(26(17-36)8-2-9-26)19-3-4-24(22(28)14-19)38-12-7-18-5-10-37-11-6-18/h3-4,13-14,16-18H,2,5-12H2,1H3. The molecule has 39 heavy (non-hydrogen) atoms. The molecule has 0 bridgehead atoms. The van der Waals surface area contributed by atoms with Crippen LogP contribution < -0.4 is 14.5 Å². The minimum absolute atomic E-state index is 0.0194. The molecule has 0 atom stereocenters. The number of nitrogens with zero attached hydrogens (tertiary/aromatic N) is 4. The van der Waals surface area contributed by atoms with Crippen molar-refractivity contribution in [2.24, 2.45) is 5.92 Å². The van der Waals surface area contributed by atoms with E-state index in [2.05, 4.69) is 4.98 Å². The smallest absolute Gasteiger partial charge is 0.419 e. The molecule has 2 aliphatic rings. The topological polar surface area (TPSA) is 78.7 Å². The van der Waals surface area contributed by atoms with Gasteiger partial charge in [0.1, 0.15) is 17.9 Å². The van der Waals surface area contributed by atoms with Crippen molar-refractivity contribution in [2.75, 3.05) is 36.7 Å². The van der Waals surface area contributed by atoms with Crippen LogP contribution in [0.2, 0.25) is 0 Å². The Morgan fingerprint density at radius 1 is 1.28 bits per heavy atom. The fourth-order valence-electron chi connectivity index (χ4n) is 4.81. The lowest BCUT2D eigenvalue weighted by atomic mass is 9.76. The molecule has 0 unspecified atom stereocenters. The Labute approximate surface area is 229 Å². The highest BCUT2D eigenvalue weighted by molar-refractivity contribution is 7.80. The van der Waals surface area contributed by atoms with Crippen molar-refractivity contribution in [3.05, 3.63) is 47.5 Å². The SMILES string of the molecule is CN(C(=S)N(c1ccc(OCCC2CCOCC2)c(F)c1)C1(C=O)CCC1)c1cnc(C#N)c(C(F)(F)F)c1. The molecule has 1 saturated carbocycles. The number of carbonyl (C=O) groups is 1. The molecule has 1 aliphatic heterocycles. The van der Waals surface area contributed by atoms with E-state index in [1.165, 1.54) is 35.0 Å². The first-order valence-corrected chi connectivity index (χ1v) is 13.0.